The predicted octanol–water partition coefficient (Wildman–Crippen LogP) is 2.86. The standard InChI is InChI=1S/C23H23N3O5S2/c1-13(27)17-6-16(7-19-22(17)31-12-30-19)24-20(28)11-33-23(32)25-8-14-5-15(10-25)18-3-2-4-21(29)26(18)9-14/h2-4,6-7,14-15H,5,8-12H2,1H3,(H,24,28). The van der Waals surface area contributed by atoms with Crippen LogP contribution in [0.1, 0.15) is 35.3 Å². The molecule has 0 radical (unpaired) electrons. The van der Waals surface area contributed by atoms with Crippen LogP contribution in [0, 0.1) is 5.92 Å². The number of benzene rings is 1. The van der Waals surface area contributed by atoms with Crippen molar-refractivity contribution in [3.8, 4) is 11.5 Å². The molecule has 8 nitrogen and oxygen atoms in total. The highest BCUT2D eigenvalue weighted by Crippen LogP contribution is 2.39. The van der Waals surface area contributed by atoms with Gasteiger partial charge in [0.15, 0.2) is 17.3 Å². The van der Waals surface area contributed by atoms with Gasteiger partial charge in [0.2, 0.25) is 12.7 Å². The fraction of sp³-hybridized carbons (Fsp3) is 0.391. The number of thiocarbonyl (C=S) groups is 1. The van der Waals surface area contributed by atoms with Gasteiger partial charge in [-0.2, -0.15) is 0 Å². The first kappa shape index (κ1) is 22.0. The molecule has 2 atom stereocenters. The summed E-state index contributed by atoms with van der Waals surface area (Å²) in [5.74, 6) is 1.26. The number of hydrogen-bond acceptors (Lipinski definition) is 7. The van der Waals surface area contributed by atoms with Crippen LogP contribution in [0.5, 0.6) is 11.5 Å². The first-order chi connectivity index (χ1) is 15.9. The third-order valence-electron chi connectivity index (χ3n) is 6.20. The number of ketones is 1. The smallest absolute Gasteiger partial charge is 0.250 e. The normalized spacial score (nSPS) is 20.2. The summed E-state index contributed by atoms with van der Waals surface area (Å²) in [4.78, 5) is 38.8. The van der Waals surface area contributed by atoms with Gasteiger partial charge in [0.25, 0.3) is 5.56 Å². The Kier molecular flexibility index (Phi) is 5.88. The average molecular weight is 486 g/mol. The Morgan fingerprint density at radius 1 is 1.21 bits per heavy atom. The van der Waals surface area contributed by atoms with Gasteiger partial charge in [-0.05, 0) is 31.4 Å². The molecule has 0 saturated carbocycles. The van der Waals surface area contributed by atoms with Crippen molar-refractivity contribution >= 4 is 45.7 Å². The lowest BCUT2D eigenvalue weighted by Crippen LogP contribution is -2.48. The molecule has 172 valence electrons. The minimum atomic E-state index is -0.218. The second-order valence-corrected chi connectivity index (χ2v) is 10.1. The van der Waals surface area contributed by atoms with Crippen molar-refractivity contribution in [2.24, 2.45) is 5.92 Å². The monoisotopic (exact) mass is 485 g/mol. The highest BCUT2D eigenvalue weighted by molar-refractivity contribution is 8.23. The summed E-state index contributed by atoms with van der Waals surface area (Å²) >= 11 is 6.96. The maximum Gasteiger partial charge on any atom is 0.250 e. The van der Waals surface area contributed by atoms with E-state index in [0.717, 1.165) is 25.2 Å². The molecule has 1 N–H and O–H groups in total. The van der Waals surface area contributed by atoms with E-state index in [4.69, 9.17) is 21.7 Å². The summed E-state index contributed by atoms with van der Waals surface area (Å²) in [6, 6.07) is 8.71. The van der Waals surface area contributed by atoms with Gasteiger partial charge in [-0.15, -0.1) is 0 Å². The third kappa shape index (κ3) is 4.37. The number of aromatic nitrogens is 1. The zero-order valence-electron chi connectivity index (χ0n) is 18.0. The van der Waals surface area contributed by atoms with E-state index in [1.54, 1.807) is 18.2 Å². The molecule has 0 spiro atoms. The second-order valence-electron chi connectivity index (χ2n) is 8.52. The molecule has 0 aliphatic carbocycles. The summed E-state index contributed by atoms with van der Waals surface area (Å²) in [6.07, 6.45) is 1.05. The molecule has 4 heterocycles. The number of carbonyl (C=O) groups is 2. The Morgan fingerprint density at radius 2 is 2.06 bits per heavy atom. The Bertz CT molecular complexity index is 1210. The van der Waals surface area contributed by atoms with Crippen LogP contribution in [-0.2, 0) is 11.3 Å². The number of ether oxygens (including phenoxy) is 2. The number of hydrogen-bond donors (Lipinski definition) is 1. The average Bonchev–Trinajstić information content (AvgIpc) is 3.26. The molecule has 3 aliphatic rings. The summed E-state index contributed by atoms with van der Waals surface area (Å²) in [6.45, 7) is 3.73. The molecule has 3 aliphatic heterocycles. The van der Waals surface area contributed by atoms with Crippen molar-refractivity contribution < 1.29 is 19.1 Å². The van der Waals surface area contributed by atoms with Crippen molar-refractivity contribution in [3.63, 3.8) is 0 Å². The number of nitrogens with zero attached hydrogens (tertiary/aromatic N) is 2. The molecule has 1 fully saturated rings. The molecule has 5 rings (SSSR count). The predicted molar refractivity (Wildman–Crippen MR) is 129 cm³/mol. The summed E-state index contributed by atoms with van der Waals surface area (Å²) in [5, 5.41) is 2.82. The van der Waals surface area contributed by atoms with E-state index in [-0.39, 0.29) is 35.7 Å². The number of rotatable bonds is 4. The number of Topliss-reactive ketones (excluding diaryl/α,β-unsaturated/α-hetero) is 1. The van der Waals surface area contributed by atoms with E-state index in [1.165, 1.54) is 18.7 Å². The lowest BCUT2D eigenvalue weighted by Gasteiger charge is -2.43. The number of pyridine rings is 1. The van der Waals surface area contributed by atoms with E-state index in [0.29, 0.717) is 39.5 Å². The van der Waals surface area contributed by atoms with Gasteiger partial charge >= 0.3 is 0 Å². The fourth-order valence-corrected chi connectivity index (χ4v) is 5.79. The summed E-state index contributed by atoms with van der Waals surface area (Å²) in [7, 11) is 0. The molecular formula is C23H23N3O5S2. The first-order valence-electron chi connectivity index (χ1n) is 10.7. The maximum atomic E-state index is 12.6. The molecule has 33 heavy (non-hydrogen) atoms. The number of thioether (sulfide) groups is 1. The number of piperidine rings is 1. The number of likely N-dealkylation sites (tertiary alicyclic amines) is 1. The highest BCUT2D eigenvalue weighted by atomic mass is 32.2. The Hall–Kier alpha value is -2.85. The zero-order chi connectivity index (χ0) is 23.1. The molecule has 1 amide bonds. The minimum absolute atomic E-state index is 0.0497. The Morgan fingerprint density at radius 3 is 2.88 bits per heavy atom. The SMILES string of the molecule is CC(=O)c1cc(NC(=O)CSC(=S)N2CC3CC(C2)c2cccc(=O)n2C3)cc2c1OCO2. The zero-order valence-corrected chi connectivity index (χ0v) is 19.7. The van der Waals surface area contributed by atoms with Gasteiger partial charge < -0.3 is 24.3 Å². The van der Waals surface area contributed by atoms with Crippen LogP contribution in [0.3, 0.4) is 0 Å². The van der Waals surface area contributed by atoms with E-state index < -0.39 is 0 Å². The van der Waals surface area contributed by atoms with E-state index >= 15 is 0 Å². The minimum Gasteiger partial charge on any atom is -0.453 e. The number of fused-ring (bicyclic) bond motifs is 5. The van der Waals surface area contributed by atoms with Crippen molar-refractivity contribution in [3.05, 3.63) is 51.9 Å². The van der Waals surface area contributed by atoms with Crippen molar-refractivity contribution in [1.82, 2.24) is 9.47 Å². The fourth-order valence-electron chi connectivity index (χ4n) is 4.81. The topological polar surface area (TPSA) is 89.9 Å². The summed E-state index contributed by atoms with van der Waals surface area (Å²) < 4.78 is 13.3. The number of anilines is 1. The number of amides is 1. The van der Waals surface area contributed by atoms with Crippen LogP contribution < -0.4 is 20.3 Å². The van der Waals surface area contributed by atoms with Gasteiger partial charge in [0.05, 0.1) is 11.3 Å². The molecule has 1 aromatic heterocycles. The number of nitrogens with one attached hydrogen (secondary N) is 1. The van der Waals surface area contributed by atoms with Gasteiger partial charge in [0.1, 0.15) is 4.32 Å². The lowest BCUT2D eigenvalue weighted by atomic mass is 9.83. The first-order valence-corrected chi connectivity index (χ1v) is 12.1. The van der Waals surface area contributed by atoms with Crippen molar-refractivity contribution in [1.29, 1.82) is 0 Å². The van der Waals surface area contributed by atoms with Crippen LogP contribution in [0.15, 0.2) is 35.1 Å². The van der Waals surface area contributed by atoms with E-state index in [1.807, 2.05) is 16.7 Å². The third-order valence-corrected chi connectivity index (χ3v) is 7.72. The Labute approximate surface area is 200 Å². The van der Waals surface area contributed by atoms with Crippen molar-refractivity contribution in [2.45, 2.75) is 25.8 Å². The highest BCUT2D eigenvalue weighted by Gasteiger charge is 2.35. The van der Waals surface area contributed by atoms with Gasteiger partial charge in [-0.3, -0.25) is 14.4 Å². The van der Waals surface area contributed by atoms with Gasteiger partial charge in [0, 0.05) is 49.1 Å². The second kappa shape index (κ2) is 8.83. The molecule has 1 aromatic carbocycles. The maximum absolute atomic E-state index is 12.6. The van der Waals surface area contributed by atoms with Gasteiger partial charge in [-0.1, -0.05) is 30.0 Å². The van der Waals surface area contributed by atoms with E-state index in [9.17, 15) is 14.4 Å². The van der Waals surface area contributed by atoms with Crippen LogP contribution in [0.4, 0.5) is 5.69 Å². The van der Waals surface area contributed by atoms with Crippen LogP contribution in [0.2, 0.25) is 0 Å². The van der Waals surface area contributed by atoms with Crippen LogP contribution >= 0.6 is 24.0 Å². The molecule has 1 saturated heterocycles. The Balaban J connectivity index is 1.20. The lowest BCUT2D eigenvalue weighted by molar-refractivity contribution is -0.113. The largest absolute Gasteiger partial charge is 0.453 e. The molecular weight excluding hydrogens is 462 g/mol. The van der Waals surface area contributed by atoms with Crippen LogP contribution in [0.25, 0.3) is 0 Å². The summed E-state index contributed by atoms with van der Waals surface area (Å²) in [5.41, 5.74) is 1.98. The van der Waals surface area contributed by atoms with Crippen molar-refractivity contribution in [2.75, 3.05) is 31.0 Å². The quantitative estimate of drug-likeness (QED) is 0.522. The molecule has 10 heteroatoms. The van der Waals surface area contributed by atoms with Crippen LogP contribution in [-0.4, -0.2) is 51.1 Å². The van der Waals surface area contributed by atoms with E-state index in [2.05, 4.69) is 10.2 Å². The van der Waals surface area contributed by atoms with Gasteiger partial charge in [-0.25, -0.2) is 0 Å². The molecule has 2 aromatic rings. The number of carbonyl (C=O) groups excluding carboxylic acids is 2. The molecule has 2 unspecified atom stereocenters. The molecule has 2 bridgehead atoms.